The maximum atomic E-state index is 13.3. The maximum absolute atomic E-state index is 13.3. The zero-order valence-electron chi connectivity index (χ0n) is 20.0. The summed E-state index contributed by atoms with van der Waals surface area (Å²) in [5.74, 6) is 0.486. The summed E-state index contributed by atoms with van der Waals surface area (Å²) in [5.41, 5.74) is 1.40. The van der Waals surface area contributed by atoms with E-state index in [4.69, 9.17) is 4.74 Å². The number of nitrogens with one attached hydrogen (secondary N) is 1. The van der Waals surface area contributed by atoms with Gasteiger partial charge in [0, 0.05) is 38.0 Å². The molecule has 2 aromatic heterocycles. The second-order valence-electron chi connectivity index (χ2n) is 9.07. The minimum Gasteiger partial charge on any atom is -0.485 e. The van der Waals surface area contributed by atoms with Crippen molar-refractivity contribution >= 4 is 29.2 Å². The van der Waals surface area contributed by atoms with Gasteiger partial charge < -0.3 is 15.0 Å². The van der Waals surface area contributed by atoms with Crippen molar-refractivity contribution in [1.82, 2.24) is 14.9 Å². The predicted molar refractivity (Wildman–Crippen MR) is 133 cm³/mol. The molecule has 9 heteroatoms. The molecule has 0 spiro atoms. The van der Waals surface area contributed by atoms with Crippen LogP contribution < -0.4 is 15.0 Å². The standard InChI is InChI=1S/C27H27N5O4/c1-27-13-10-24(34)32(27)21-7-3-2-6-20(21)26(35)31(27)17-5-9-23(33)30-25-22(8-4-14-29-25)36-18-19-11-15-28-16-12-19/h2-4,6-8,11-12,14-16H,5,9-10,13,17-18H2,1H3,(H,29,30,33). The molecule has 1 aromatic carbocycles. The molecule has 2 aliphatic heterocycles. The Bertz CT molecular complexity index is 1300. The zero-order valence-corrected chi connectivity index (χ0v) is 20.0. The minimum atomic E-state index is -0.728. The Morgan fingerprint density at radius 3 is 2.72 bits per heavy atom. The summed E-state index contributed by atoms with van der Waals surface area (Å²) >= 11 is 0. The lowest BCUT2D eigenvalue weighted by Crippen LogP contribution is -2.62. The molecule has 1 unspecified atom stereocenters. The van der Waals surface area contributed by atoms with Crippen molar-refractivity contribution in [2.24, 2.45) is 0 Å². The number of aromatic nitrogens is 2. The first-order valence-corrected chi connectivity index (χ1v) is 12.0. The summed E-state index contributed by atoms with van der Waals surface area (Å²) in [7, 11) is 0. The molecule has 2 aliphatic rings. The molecule has 0 radical (unpaired) electrons. The van der Waals surface area contributed by atoms with Gasteiger partial charge in [0.25, 0.3) is 5.91 Å². The van der Waals surface area contributed by atoms with Gasteiger partial charge in [-0.05, 0) is 61.7 Å². The fourth-order valence-corrected chi connectivity index (χ4v) is 4.87. The molecule has 3 aromatic rings. The quantitative estimate of drug-likeness (QED) is 0.521. The Kier molecular flexibility index (Phi) is 6.37. The highest BCUT2D eigenvalue weighted by molar-refractivity contribution is 6.10. The van der Waals surface area contributed by atoms with Gasteiger partial charge in [0.2, 0.25) is 11.8 Å². The number of para-hydroxylation sites is 1. The minimum absolute atomic E-state index is 0.00893. The van der Waals surface area contributed by atoms with Crippen molar-refractivity contribution in [2.75, 3.05) is 16.8 Å². The van der Waals surface area contributed by atoms with Gasteiger partial charge in [-0.1, -0.05) is 12.1 Å². The molecule has 0 aliphatic carbocycles. The van der Waals surface area contributed by atoms with Crippen molar-refractivity contribution in [3.05, 3.63) is 78.2 Å². The van der Waals surface area contributed by atoms with Gasteiger partial charge in [-0.25, -0.2) is 4.98 Å². The van der Waals surface area contributed by atoms with Crippen LogP contribution in [0.1, 0.15) is 48.5 Å². The number of amides is 3. The Balaban J connectivity index is 1.22. The Labute approximate surface area is 209 Å². The van der Waals surface area contributed by atoms with Crippen molar-refractivity contribution < 1.29 is 19.1 Å². The van der Waals surface area contributed by atoms with Crippen LogP contribution in [0, 0.1) is 0 Å². The second-order valence-corrected chi connectivity index (χ2v) is 9.07. The van der Waals surface area contributed by atoms with Crippen LogP contribution >= 0.6 is 0 Å². The summed E-state index contributed by atoms with van der Waals surface area (Å²) < 4.78 is 5.85. The summed E-state index contributed by atoms with van der Waals surface area (Å²) in [5, 5.41) is 2.82. The van der Waals surface area contributed by atoms with Crippen LogP contribution in [0.2, 0.25) is 0 Å². The van der Waals surface area contributed by atoms with Gasteiger partial charge in [0.05, 0.1) is 11.3 Å². The number of ether oxygens (including phenoxy) is 1. The molecule has 184 valence electrons. The van der Waals surface area contributed by atoms with Crippen molar-refractivity contribution in [3.63, 3.8) is 0 Å². The van der Waals surface area contributed by atoms with Crippen LogP contribution in [0.25, 0.3) is 0 Å². The van der Waals surface area contributed by atoms with E-state index in [1.165, 1.54) is 0 Å². The van der Waals surface area contributed by atoms with Gasteiger partial charge in [-0.3, -0.25) is 24.3 Å². The Morgan fingerprint density at radius 2 is 1.89 bits per heavy atom. The SMILES string of the molecule is CC12CCC(=O)N1c1ccccc1C(=O)N2CCCC(=O)Nc1ncccc1OCc1ccncc1. The van der Waals surface area contributed by atoms with Gasteiger partial charge in [-0.15, -0.1) is 0 Å². The maximum Gasteiger partial charge on any atom is 0.257 e. The van der Waals surface area contributed by atoms with E-state index in [1.807, 2.05) is 31.2 Å². The third kappa shape index (κ3) is 4.39. The third-order valence-electron chi connectivity index (χ3n) is 6.70. The van der Waals surface area contributed by atoms with Gasteiger partial charge >= 0.3 is 0 Å². The highest BCUT2D eigenvalue weighted by Gasteiger charge is 2.52. The number of pyridine rings is 2. The van der Waals surface area contributed by atoms with E-state index in [2.05, 4.69) is 15.3 Å². The van der Waals surface area contributed by atoms with Crippen molar-refractivity contribution in [2.45, 2.75) is 44.9 Å². The average molecular weight is 486 g/mol. The number of nitrogens with zero attached hydrogens (tertiary/aromatic N) is 4. The zero-order chi connectivity index (χ0) is 25.1. The van der Waals surface area contributed by atoms with Crippen LogP contribution in [0.15, 0.2) is 67.1 Å². The number of benzene rings is 1. The van der Waals surface area contributed by atoms with Crippen LogP contribution in [0.3, 0.4) is 0 Å². The highest BCUT2D eigenvalue weighted by atomic mass is 16.5. The third-order valence-corrected chi connectivity index (χ3v) is 6.70. The first-order chi connectivity index (χ1) is 17.5. The normalized spacial score (nSPS) is 18.6. The number of carbonyl (C=O) groups excluding carboxylic acids is 3. The van der Waals surface area contributed by atoms with E-state index in [0.717, 1.165) is 5.56 Å². The van der Waals surface area contributed by atoms with Crippen molar-refractivity contribution in [1.29, 1.82) is 0 Å². The van der Waals surface area contributed by atoms with Gasteiger partial charge in [0.15, 0.2) is 11.6 Å². The molecule has 1 saturated heterocycles. The number of anilines is 2. The number of carbonyl (C=O) groups is 3. The first kappa shape index (κ1) is 23.5. The van der Waals surface area contributed by atoms with E-state index in [1.54, 1.807) is 52.7 Å². The fourth-order valence-electron chi connectivity index (χ4n) is 4.87. The van der Waals surface area contributed by atoms with Gasteiger partial charge in [-0.2, -0.15) is 0 Å². The van der Waals surface area contributed by atoms with E-state index >= 15 is 0 Å². The summed E-state index contributed by atoms with van der Waals surface area (Å²) in [4.78, 5) is 50.5. The van der Waals surface area contributed by atoms with E-state index in [9.17, 15) is 14.4 Å². The summed E-state index contributed by atoms with van der Waals surface area (Å²) in [6.07, 6.45) is 6.55. The fraction of sp³-hybridized carbons (Fsp3) is 0.296. The Hall–Kier alpha value is -4.27. The molecule has 1 N–H and O–H groups in total. The molecule has 0 saturated carbocycles. The van der Waals surface area contributed by atoms with Gasteiger partial charge in [0.1, 0.15) is 12.3 Å². The van der Waals surface area contributed by atoms with E-state index in [-0.39, 0.29) is 24.1 Å². The first-order valence-electron chi connectivity index (χ1n) is 12.0. The molecule has 36 heavy (non-hydrogen) atoms. The Morgan fingerprint density at radius 1 is 1.08 bits per heavy atom. The lowest BCUT2D eigenvalue weighted by Gasteiger charge is -2.48. The highest BCUT2D eigenvalue weighted by Crippen LogP contribution is 2.44. The molecule has 5 rings (SSSR count). The molecule has 4 heterocycles. The second kappa shape index (κ2) is 9.77. The lowest BCUT2D eigenvalue weighted by molar-refractivity contribution is -0.118. The molecule has 9 nitrogen and oxygen atoms in total. The molecule has 0 bridgehead atoms. The van der Waals surface area contributed by atoms with Crippen LogP contribution in [0.5, 0.6) is 5.75 Å². The largest absolute Gasteiger partial charge is 0.485 e. The number of rotatable bonds is 8. The monoisotopic (exact) mass is 485 g/mol. The van der Waals surface area contributed by atoms with Crippen molar-refractivity contribution in [3.8, 4) is 5.75 Å². The molecular formula is C27H27N5O4. The molecular weight excluding hydrogens is 458 g/mol. The predicted octanol–water partition coefficient (Wildman–Crippen LogP) is 3.77. The lowest BCUT2D eigenvalue weighted by atomic mass is 9.98. The van der Waals surface area contributed by atoms with E-state index in [0.29, 0.717) is 55.2 Å². The molecule has 1 atom stereocenters. The number of hydrogen-bond acceptors (Lipinski definition) is 6. The molecule has 1 fully saturated rings. The summed E-state index contributed by atoms with van der Waals surface area (Å²) in [6.45, 7) is 2.60. The average Bonchev–Trinajstić information content (AvgIpc) is 3.21. The number of hydrogen-bond donors (Lipinski definition) is 1. The topological polar surface area (TPSA) is 105 Å². The number of fused-ring (bicyclic) bond motifs is 3. The van der Waals surface area contributed by atoms with Crippen LogP contribution in [-0.4, -0.2) is 44.8 Å². The van der Waals surface area contributed by atoms with Crippen LogP contribution in [0.4, 0.5) is 11.5 Å². The molecule has 3 amide bonds. The smallest absolute Gasteiger partial charge is 0.257 e. The van der Waals surface area contributed by atoms with Crippen LogP contribution in [-0.2, 0) is 16.2 Å². The summed E-state index contributed by atoms with van der Waals surface area (Å²) in [6, 6.07) is 14.4. The van der Waals surface area contributed by atoms with E-state index < -0.39 is 5.66 Å².